The van der Waals surface area contributed by atoms with Crippen LogP contribution in [-0.2, 0) is 4.79 Å². The number of aromatic nitrogens is 2. The third-order valence-corrected chi connectivity index (χ3v) is 4.38. The largest absolute Gasteiger partial charge is 0.326 e. The van der Waals surface area contributed by atoms with E-state index >= 15 is 0 Å². The van der Waals surface area contributed by atoms with Crippen molar-refractivity contribution in [1.29, 1.82) is 0 Å². The quantitative estimate of drug-likeness (QED) is 0.675. The van der Waals surface area contributed by atoms with Crippen molar-refractivity contribution < 1.29 is 14.0 Å². The molecule has 7 nitrogen and oxygen atoms in total. The maximum Gasteiger partial charge on any atom is 0.276 e. The van der Waals surface area contributed by atoms with Crippen LogP contribution < -0.4 is 16.2 Å². The van der Waals surface area contributed by atoms with Crippen LogP contribution in [-0.4, -0.2) is 21.6 Å². The predicted octanol–water partition coefficient (Wildman–Crippen LogP) is 3.53. The molecule has 2 N–H and O–H groups in total. The van der Waals surface area contributed by atoms with Crippen LogP contribution in [0.4, 0.5) is 15.8 Å². The third-order valence-electron chi connectivity index (χ3n) is 4.38. The fourth-order valence-electron chi connectivity index (χ4n) is 2.61. The van der Waals surface area contributed by atoms with Crippen molar-refractivity contribution in [3.63, 3.8) is 0 Å². The summed E-state index contributed by atoms with van der Waals surface area (Å²) < 4.78 is 14.2. The Balaban J connectivity index is 1.86. The summed E-state index contributed by atoms with van der Waals surface area (Å²) in [5, 5.41) is 9.62. The molecule has 0 saturated heterocycles. The zero-order valence-corrected chi connectivity index (χ0v) is 16.8. The van der Waals surface area contributed by atoms with Gasteiger partial charge in [-0.05, 0) is 55.0 Å². The van der Waals surface area contributed by atoms with Gasteiger partial charge in [-0.25, -0.2) is 4.39 Å². The number of anilines is 2. The second-order valence-electron chi connectivity index (χ2n) is 7.07. The lowest BCUT2D eigenvalue weighted by molar-refractivity contribution is -0.118. The minimum Gasteiger partial charge on any atom is -0.326 e. The van der Waals surface area contributed by atoms with E-state index in [4.69, 9.17) is 0 Å². The van der Waals surface area contributed by atoms with Crippen LogP contribution in [0.5, 0.6) is 0 Å². The van der Waals surface area contributed by atoms with Crippen LogP contribution in [0.3, 0.4) is 0 Å². The van der Waals surface area contributed by atoms with Gasteiger partial charge in [0.25, 0.3) is 11.5 Å². The van der Waals surface area contributed by atoms with Crippen LogP contribution in [0.2, 0.25) is 0 Å². The summed E-state index contributed by atoms with van der Waals surface area (Å²) >= 11 is 0. The van der Waals surface area contributed by atoms with Crippen LogP contribution in [0.25, 0.3) is 5.69 Å². The van der Waals surface area contributed by atoms with Crippen molar-refractivity contribution in [3.8, 4) is 5.69 Å². The van der Waals surface area contributed by atoms with Gasteiger partial charge >= 0.3 is 0 Å². The Morgan fingerprint density at radius 3 is 2.37 bits per heavy atom. The van der Waals surface area contributed by atoms with Gasteiger partial charge in [-0.1, -0.05) is 19.9 Å². The van der Waals surface area contributed by atoms with Crippen LogP contribution in [0.1, 0.15) is 29.9 Å². The van der Waals surface area contributed by atoms with Crippen molar-refractivity contribution in [1.82, 2.24) is 9.78 Å². The molecule has 3 aromatic rings. The van der Waals surface area contributed by atoms with E-state index in [-0.39, 0.29) is 17.5 Å². The summed E-state index contributed by atoms with van der Waals surface area (Å²) in [4.78, 5) is 36.8. The Bertz CT molecular complexity index is 1150. The maximum absolute atomic E-state index is 13.1. The highest BCUT2D eigenvalue weighted by Gasteiger charge is 2.14. The summed E-state index contributed by atoms with van der Waals surface area (Å²) in [6, 6.07) is 12.9. The molecule has 30 heavy (non-hydrogen) atoms. The van der Waals surface area contributed by atoms with E-state index < -0.39 is 17.3 Å². The number of aryl methyl sites for hydroxylation is 1. The molecule has 0 atom stereocenters. The lowest BCUT2D eigenvalue weighted by Crippen LogP contribution is -2.25. The van der Waals surface area contributed by atoms with E-state index in [1.165, 1.54) is 36.4 Å². The molecular weight excluding hydrogens is 387 g/mol. The second kappa shape index (κ2) is 8.69. The second-order valence-corrected chi connectivity index (χ2v) is 7.07. The number of carbonyl (C=O) groups is 2. The minimum absolute atomic E-state index is 0.00921. The van der Waals surface area contributed by atoms with E-state index in [1.807, 2.05) is 6.92 Å². The number of nitrogens with zero attached hydrogens (tertiary/aromatic N) is 2. The summed E-state index contributed by atoms with van der Waals surface area (Å²) in [6.45, 7) is 5.39. The number of rotatable bonds is 5. The Morgan fingerprint density at radius 2 is 1.70 bits per heavy atom. The Labute approximate surface area is 172 Å². The molecule has 0 unspecified atom stereocenters. The molecule has 0 bridgehead atoms. The Kier molecular flexibility index (Phi) is 6.06. The highest BCUT2D eigenvalue weighted by Crippen LogP contribution is 2.21. The van der Waals surface area contributed by atoms with E-state index in [9.17, 15) is 18.8 Å². The number of amides is 2. The van der Waals surface area contributed by atoms with E-state index in [0.717, 1.165) is 10.2 Å². The number of benzene rings is 2. The molecule has 3 rings (SSSR count). The van der Waals surface area contributed by atoms with Gasteiger partial charge in [0.2, 0.25) is 5.91 Å². The number of hydrogen-bond donors (Lipinski definition) is 2. The molecule has 2 aromatic carbocycles. The first-order chi connectivity index (χ1) is 14.2. The molecule has 0 spiro atoms. The molecule has 0 aliphatic carbocycles. The summed E-state index contributed by atoms with van der Waals surface area (Å²) in [6.07, 6.45) is 0. The molecule has 154 valence electrons. The van der Waals surface area contributed by atoms with Gasteiger partial charge in [0.15, 0.2) is 0 Å². The van der Waals surface area contributed by atoms with Gasteiger partial charge in [-0.3, -0.25) is 14.4 Å². The van der Waals surface area contributed by atoms with Gasteiger partial charge in [-0.2, -0.15) is 9.78 Å². The average Bonchev–Trinajstić information content (AvgIpc) is 2.71. The van der Waals surface area contributed by atoms with Crippen molar-refractivity contribution in [3.05, 3.63) is 82.0 Å². The molecule has 1 aromatic heterocycles. The van der Waals surface area contributed by atoms with Crippen LogP contribution in [0.15, 0.2) is 59.4 Å². The average molecular weight is 408 g/mol. The van der Waals surface area contributed by atoms with Gasteiger partial charge in [0.1, 0.15) is 11.5 Å². The topological polar surface area (TPSA) is 93.1 Å². The lowest BCUT2D eigenvalue weighted by Gasteiger charge is -2.13. The first kappa shape index (κ1) is 20.9. The minimum atomic E-state index is -0.527. The molecule has 0 radical (unpaired) electrons. The SMILES string of the molecule is Cc1ccc(NC(=O)C(C)C)cc1NC(=O)c1ccc(=O)n(-c2ccc(F)cc2)n1. The molecule has 1 heterocycles. The Morgan fingerprint density at radius 1 is 1.00 bits per heavy atom. The fraction of sp³-hybridized carbons (Fsp3) is 0.182. The van der Waals surface area contributed by atoms with Crippen LogP contribution >= 0.6 is 0 Å². The monoisotopic (exact) mass is 408 g/mol. The molecule has 0 saturated carbocycles. The zero-order chi connectivity index (χ0) is 21.8. The van der Waals surface area contributed by atoms with Crippen LogP contribution in [0, 0.1) is 18.7 Å². The number of hydrogen-bond acceptors (Lipinski definition) is 4. The molecule has 0 fully saturated rings. The fourth-order valence-corrected chi connectivity index (χ4v) is 2.61. The molecule has 8 heteroatoms. The number of nitrogens with one attached hydrogen (secondary N) is 2. The Hall–Kier alpha value is -3.81. The summed E-state index contributed by atoms with van der Waals surface area (Å²) in [5.74, 6) is -1.29. The van der Waals surface area contributed by atoms with E-state index in [1.54, 1.807) is 32.0 Å². The van der Waals surface area contributed by atoms with Gasteiger partial charge in [0.05, 0.1) is 5.69 Å². The first-order valence-electron chi connectivity index (χ1n) is 9.34. The van der Waals surface area contributed by atoms with Gasteiger partial charge in [0, 0.05) is 23.4 Å². The highest BCUT2D eigenvalue weighted by molar-refractivity contribution is 6.03. The van der Waals surface area contributed by atoms with Crippen molar-refractivity contribution in [2.24, 2.45) is 5.92 Å². The normalized spacial score (nSPS) is 10.7. The molecular formula is C22H21FN4O3. The van der Waals surface area contributed by atoms with Gasteiger partial charge in [-0.15, -0.1) is 0 Å². The van der Waals surface area contributed by atoms with Crippen molar-refractivity contribution in [2.45, 2.75) is 20.8 Å². The summed E-state index contributed by atoms with van der Waals surface area (Å²) in [5.41, 5.74) is 1.74. The molecule has 0 aliphatic rings. The smallest absolute Gasteiger partial charge is 0.276 e. The highest BCUT2D eigenvalue weighted by atomic mass is 19.1. The predicted molar refractivity (Wildman–Crippen MR) is 112 cm³/mol. The number of carbonyl (C=O) groups excluding carboxylic acids is 2. The standard InChI is InChI=1S/C22H21FN4O3/c1-13(2)21(29)24-16-7-4-14(3)19(12-16)25-22(30)18-10-11-20(28)27(26-18)17-8-5-15(23)6-9-17/h4-13H,1-3H3,(H,24,29)(H,25,30). The van der Waals surface area contributed by atoms with E-state index in [0.29, 0.717) is 17.1 Å². The van der Waals surface area contributed by atoms with E-state index in [2.05, 4.69) is 15.7 Å². The molecule has 2 amide bonds. The lowest BCUT2D eigenvalue weighted by atomic mass is 10.1. The van der Waals surface area contributed by atoms with Crippen molar-refractivity contribution in [2.75, 3.05) is 10.6 Å². The summed E-state index contributed by atoms with van der Waals surface area (Å²) in [7, 11) is 0. The third kappa shape index (κ3) is 4.78. The zero-order valence-electron chi connectivity index (χ0n) is 16.8. The van der Waals surface area contributed by atoms with Gasteiger partial charge < -0.3 is 10.6 Å². The maximum atomic E-state index is 13.1. The molecule has 0 aliphatic heterocycles. The number of halogens is 1. The van der Waals surface area contributed by atoms with Crippen molar-refractivity contribution >= 4 is 23.2 Å². The first-order valence-corrected chi connectivity index (χ1v) is 9.34.